The Kier molecular flexibility index (Phi) is 11.2. The number of hydrogen-bond acceptors (Lipinski definition) is 4. The van der Waals surface area contributed by atoms with E-state index < -0.39 is 0 Å². The zero-order valence-corrected chi connectivity index (χ0v) is 22.7. The van der Waals surface area contributed by atoms with E-state index in [9.17, 15) is 9.59 Å². The summed E-state index contributed by atoms with van der Waals surface area (Å²) in [5, 5.41) is 5.70. The average molecular weight is 537 g/mol. The van der Waals surface area contributed by atoms with Crippen LogP contribution in [0.4, 0.5) is 11.4 Å². The molecule has 0 aliphatic carbocycles. The van der Waals surface area contributed by atoms with Gasteiger partial charge in [-0.15, -0.1) is 0 Å². The Labute approximate surface area is 236 Å². The van der Waals surface area contributed by atoms with Crippen LogP contribution >= 0.6 is 0 Å². The van der Waals surface area contributed by atoms with E-state index in [0.717, 1.165) is 25.7 Å². The topological polar surface area (TPSA) is 76.7 Å². The third-order valence-electron chi connectivity index (χ3n) is 6.26. The van der Waals surface area contributed by atoms with Crippen LogP contribution in [0.5, 0.6) is 11.5 Å². The number of rotatable bonds is 15. The van der Waals surface area contributed by atoms with E-state index in [-0.39, 0.29) is 24.7 Å². The van der Waals surface area contributed by atoms with Gasteiger partial charge in [0.1, 0.15) is 11.5 Å². The Balaban J connectivity index is 1.13. The van der Waals surface area contributed by atoms with Crippen molar-refractivity contribution in [2.75, 3.05) is 23.8 Å². The van der Waals surface area contributed by atoms with Gasteiger partial charge >= 0.3 is 0 Å². The van der Waals surface area contributed by atoms with Gasteiger partial charge in [0.15, 0.2) is 0 Å². The molecular weight excluding hydrogens is 500 g/mol. The van der Waals surface area contributed by atoms with Gasteiger partial charge < -0.3 is 20.1 Å². The fraction of sp³-hybridized carbons (Fsp3) is 0.235. The third kappa shape index (κ3) is 10.3. The van der Waals surface area contributed by atoms with Crippen molar-refractivity contribution in [3.8, 4) is 11.5 Å². The fourth-order valence-corrected chi connectivity index (χ4v) is 4.22. The molecule has 4 aromatic carbocycles. The highest BCUT2D eigenvalue weighted by molar-refractivity contribution is 5.96. The molecule has 0 fully saturated rings. The number of anilines is 2. The summed E-state index contributed by atoms with van der Waals surface area (Å²) in [6, 6.07) is 35.2. The highest BCUT2D eigenvalue weighted by Crippen LogP contribution is 2.20. The second kappa shape index (κ2) is 15.7. The predicted octanol–water partition coefficient (Wildman–Crippen LogP) is 7.07. The van der Waals surface area contributed by atoms with Gasteiger partial charge in [-0.05, 0) is 61.1 Å². The summed E-state index contributed by atoms with van der Waals surface area (Å²) in [5.74, 6) is 0.940. The number of aryl methyl sites for hydroxylation is 2. The van der Waals surface area contributed by atoms with Gasteiger partial charge in [-0.1, -0.05) is 72.8 Å². The van der Waals surface area contributed by atoms with Gasteiger partial charge in [0.2, 0.25) is 11.8 Å². The van der Waals surface area contributed by atoms with Gasteiger partial charge in [-0.2, -0.15) is 0 Å². The summed E-state index contributed by atoms with van der Waals surface area (Å²) in [7, 11) is 0. The van der Waals surface area contributed by atoms with E-state index in [0.29, 0.717) is 36.1 Å². The van der Waals surface area contributed by atoms with Gasteiger partial charge in [0, 0.05) is 36.3 Å². The summed E-state index contributed by atoms with van der Waals surface area (Å²) in [4.78, 5) is 24.9. The first-order chi connectivity index (χ1) is 19.6. The van der Waals surface area contributed by atoms with Crippen LogP contribution < -0.4 is 20.1 Å². The highest BCUT2D eigenvalue weighted by atomic mass is 16.5. The summed E-state index contributed by atoms with van der Waals surface area (Å²) in [5.41, 5.74) is 3.85. The molecule has 0 bridgehead atoms. The molecule has 0 heterocycles. The molecule has 0 saturated carbocycles. The van der Waals surface area contributed by atoms with Crippen LogP contribution in [0.2, 0.25) is 0 Å². The number of amides is 2. The normalized spacial score (nSPS) is 10.5. The Morgan fingerprint density at radius 3 is 1.38 bits per heavy atom. The lowest BCUT2D eigenvalue weighted by molar-refractivity contribution is -0.121. The lowest BCUT2D eigenvalue weighted by Crippen LogP contribution is -2.17. The summed E-state index contributed by atoms with van der Waals surface area (Å²) in [6.45, 7) is 1.18. The molecule has 2 amide bonds. The zero-order valence-electron chi connectivity index (χ0n) is 22.7. The first kappa shape index (κ1) is 28.4. The van der Waals surface area contributed by atoms with Crippen molar-refractivity contribution >= 4 is 23.2 Å². The SMILES string of the molecule is O=C(CCC(=O)Nc1cccc(OCCCc2ccccc2)c1)Nc1cccc(OCCCc2ccccc2)c1. The quantitative estimate of drug-likeness (QED) is 0.159. The molecule has 0 radical (unpaired) electrons. The molecule has 206 valence electrons. The van der Waals surface area contributed by atoms with E-state index in [1.54, 1.807) is 24.3 Å². The Hall–Kier alpha value is -4.58. The van der Waals surface area contributed by atoms with Crippen LogP contribution in [0.3, 0.4) is 0 Å². The monoisotopic (exact) mass is 536 g/mol. The first-order valence-corrected chi connectivity index (χ1v) is 13.8. The number of benzene rings is 4. The van der Waals surface area contributed by atoms with E-state index in [1.807, 2.05) is 60.7 Å². The maximum absolute atomic E-state index is 12.4. The molecule has 40 heavy (non-hydrogen) atoms. The van der Waals surface area contributed by atoms with Gasteiger partial charge in [0.05, 0.1) is 13.2 Å². The van der Waals surface area contributed by atoms with Crippen molar-refractivity contribution in [3.63, 3.8) is 0 Å². The minimum Gasteiger partial charge on any atom is -0.494 e. The van der Waals surface area contributed by atoms with Gasteiger partial charge in [-0.3, -0.25) is 9.59 Å². The van der Waals surface area contributed by atoms with Crippen LogP contribution in [-0.4, -0.2) is 25.0 Å². The summed E-state index contributed by atoms with van der Waals surface area (Å²) in [6.07, 6.45) is 3.85. The molecule has 2 N–H and O–H groups in total. The molecule has 0 saturated heterocycles. The Bertz CT molecular complexity index is 1240. The van der Waals surface area contributed by atoms with Gasteiger partial charge in [0.25, 0.3) is 0 Å². The predicted molar refractivity (Wildman–Crippen MR) is 160 cm³/mol. The third-order valence-corrected chi connectivity index (χ3v) is 6.26. The van der Waals surface area contributed by atoms with Crippen molar-refractivity contribution in [1.29, 1.82) is 0 Å². The molecule has 0 aromatic heterocycles. The van der Waals surface area contributed by atoms with E-state index >= 15 is 0 Å². The van der Waals surface area contributed by atoms with Crippen LogP contribution in [0, 0.1) is 0 Å². The van der Waals surface area contributed by atoms with Crippen LogP contribution in [0.25, 0.3) is 0 Å². The number of ether oxygens (including phenoxy) is 2. The van der Waals surface area contributed by atoms with Crippen molar-refractivity contribution in [2.24, 2.45) is 0 Å². The number of nitrogens with one attached hydrogen (secondary N) is 2. The summed E-state index contributed by atoms with van der Waals surface area (Å²) >= 11 is 0. The van der Waals surface area contributed by atoms with Crippen molar-refractivity contribution in [2.45, 2.75) is 38.5 Å². The zero-order chi connectivity index (χ0) is 27.8. The van der Waals surface area contributed by atoms with Crippen LogP contribution in [-0.2, 0) is 22.4 Å². The highest BCUT2D eigenvalue weighted by Gasteiger charge is 2.09. The van der Waals surface area contributed by atoms with E-state index in [4.69, 9.17) is 9.47 Å². The summed E-state index contributed by atoms with van der Waals surface area (Å²) < 4.78 is 11.7. The maximum atomic E-state index is 12.4. The minimum atomic E-state index is -0.230. The van der Waals surface area contributed by atoms with Crippen molar-refractivity contribution < 1.29 is 19.1 Å². The average Bonchev–Trinajstić information content (AvgIpc) is 2.98. The van der Waals surface area contributed by atoms with E-state index in [2.05, 4.69) is 34.9 Å². The Morgan fingerprint density at radius 2 is 0.950 bits per heavy atom. The maximum Gasteiger partial charge on any atom is 0.224 e. The van der Waals surface area contributed by atoms with Gasteiger partial charge in [-0.25, -0.2) is 0 Å². The molecule has 6 heteroatoms. The molecule has 0 spiro atoms. The molecule has 0 unspecified atom stereocenters. The number of carbonyl (C=O) groups excluding carboxylic acids is 2. The van der Waals surface area contributed by atoms with E-state index in [1.165, 1.54) is 11.1 Å². The number of carbonyl (C=O) groups is 2. The molecule has 4 rings (SSSR count). The molecule has 0 atom stereocenters. The van der Waals surface area contributed by atoms with Crippen molar-refractivity contribution in [3.05, 3.63) is 120 Å². The molecule has 4 aromatic rings. The smallest absolute Gasteiger partial charge is 0.224 e. The fourth-order valence-electron chi connectivity index (χ4n) is 4.22. The largest absolute Gasteiger partial charge is 0.494 e. The standard InChI is InChI=1S/C34H36N2O4/c37-33(35-29-17-7-19-31(25-29)39-23-9-15-27-11-3-1-4-12-27)21-22-34(38)36-30-18-8-20-32(26-30)40-24-10-16-28-13-5-2-6-14-28/h1-8,11-14,17-20,25-26H,9-10,15-16,21-24H2,(H,35,37)(H,36,38). The minimum absolute atomic E-state index is 0.0731. The van der Waals surface area contributed by atoms with Crippen LogP contribution in [0.1, 0.15) is 36.8 Å². The molecule has 0 aliphatic heterocycles. The van der Waals surface area contributed by atoms with Crippen LogP contribution in [0.15, 0.2) is 109 Å². The molecule has 6 nitrogen and oxygen atoms in total. The molecule has 0 aliphatic rings. The number of hydrogen-bond donors (Lipinski definition) is 2. The lowest BCUT2D eigenvalue weighted by Gasteiger charge is -2.10. The second-order valence-electron chi connectivity index (χ2n) is 9.53. The second-order valence-corrected chi connectivity index (χ2v) is 9.53. The lowest BCUT2D eigenvalue weighted by atomic mass is 10.1. The Morgan fingerprint density at radius 1 is 0.525 bits per heavy atom. The molecular formula is C34H36N2O4. The first-order valence-electron chi connectivity index (χ1n) is 13.8. The van der Waals surface area contributed by atoms with Crippen molar-refractivity contribution in [1.82, 2.24) is 0 Å².